The van der Waals surface area contributed by atoms with E-state index in [2.05, 4.69) is 5.10 Å². The Morgan fingerprint density at radius 2 is 1.95 bits per heavy atom. The molecule has 0 radical (unpaired) electrons. The lowest BCUT2D eigenvalue weighted by molar-refractivity contribution is -0.119. The van der Waals surface area contributed by atoms with Crippen LogP contribution in [0, 0.1) is 13.8 Å². The Balaban J connectivity index is 2.16. The second-order valence-corrected chi connectivity index (χ2v) is 4.56. The first-order valence-electron chi connectivity index (χ1n) is 6.48. The first-order chi connectivity index (χ1) is 9.11. The summed E-state index contributed by atoms with van der Waals surface area (Å²) in [5, 5.41) is 4.33. The van der Waals surface area contributed by atoms with Crippen molar-refractivity contribution in [2.75, 3.05) is 11.4 Å². The summed E-state index contributed by atoms with van der Waals surface area (Å²) in [6.07, 6.45) is 0. The molecule has 2 aromatic rings. The number of carbonyl (C=O) groups excluding carboxylic acids is 1. The Morgan fingerprint density at radius 3 is 2.47 bits per heavy atom. The van der Waals surface area contributed by atoms with Gasteiger partial charge in [-0.05, 0) is 39.0 Å². The molecule has 0 fully saturated rings. The second-order valence-electron chi connectivity index (χ2n) is 4.56. The molecule has 2 rings (SSSR count). The number of aromatic nitrogens is 2. The number of nitrogens with zero attached hydrogens (tertiary/aromatic N) is 3. The van der Waals surface area contributed by atoms with Gasteiger partial charge in [0.25, 0.3) is 0 Å². The van der Waals surface area contributed by atoms with Gasteiger partial charge in [0, 0.05) is 17.9 Å². The van der Waals surface area contributed by atoms with Gasteiger partial charge in [-0.1, -0.05) is 18.2 Å². The summed E-state index contributed by atoms with van der Waals surface area (Å²) in [7, 11) is 0. The standard InChI is InChI=1S/C15H19N3O/c1-4-17(14-8-6-5-7-9-14)15(19)11-18-13(3)10-12(2)16-18/h5-10H,4,11H2,1-3H3. The van der Waals surface area contributed by atoms with Gasteiger partial charge < -0.3 is 4.90 Å². The zero-order valence-corrected chi connectivity index (χ0v) is 11.6. The molecule has 0 aliphatic rings. The van der Waals surface area contributed by atoms with Gasteiger partial charge in [0.2, 0.25) is 5.91 Å². The Labute approximate surface area is 113 Å². The van der Waals surface area contributed by atoms with Crippen molar-refractivity contribution in [3.63, 3.8) is 0 Å². The molecular weight excluding hydrogens is 238 g/mol. The van der Waals surface area contributed by atoms with E-state index in [0.29, 0.717) is 6.54 Å². The first kappa shape index (κ1) is 13.3. The van der Waals surface area contributed by atoms with E-state index in [1.165, 1.54) is 0 Å². The van der Waals surface area contributed by atoms with Crippen molar-refractivity contribution in [2.45, 2.75) is 27.3 Å². The van der Waals surface area contributed by atoms with E-state index in [0.717, 1.165) is 17.1 Å². The third kappa shape index (κ3) is 3.02. The lowest BCUT2D eigenvalue weighted by atomic mass is 10.3. The molecule has 0 aliphatic carbocycles. The van der Waals surface area contributed by atoms with Crippen LogP contribution in [0.4, 0.5) is 5.69 Å². The summed E-state index contributed by atoms with van der Waals surface area (Å²) in [6, 6.07) is 11.7. The van der Waals surface area contributed by atoms with Crippen molar-refractivity contribution in [3.05, 3.63) is 47.8 Å². The molecule has 1 aromatic carbocycles. The van der Waals surface area contributed by atoms with E-state index >= 15 is 0 Å². The van der Waals surface area contributed by atoms with E-state index < -0.39 is 0 Å². The topological polar surface area (TPSA) is 38.1 Å². The van der Waals surface area contributed by atoms with Gasteiger partial charge in [-0.15, -0.1) is 0 Å². The molecule has 1 aromatic heterocycles. The smallest absolute Gasteiger partial charge is 0.248 e. The van der Waals surface area contributed by atoms with Crippen LogP contribution in [0.3, 0.4) is 0 Å². The van der Waals surface area contributed by atoms with E-state index in [-0.39, 0.29) is 12.5 Å². The lowest BCUT2D eigenvalue weighted by Gasteiger charge is -2.21. The zero-order valence-electron chi connectivity index (χ0n) is 11.6. The maximum absolute atomic E-state index is 12.4. The van der Waals surface area contributed by atoms with Crippen molar-refractivity contribution in [2.24, 2.45) is 0 Å². The number of aryl methyl sites for hydroxylation is 2. The van der Waals surface area contributed by atoms with Crippen LogP contribution in [0.1, 0.15) is 18.3 Å². The van der Waals surface area contributed by atoms with E-state index in [1.54, 1.807) is 9.58 Å². The lowest BCUT2D eigenvalue weighted by Crippen LogP contribution is -2.34. The number of rotatable bonds is 4. The van der Waals surface area contributed by atoms with Gasteiger partial charge >= 0.3 is 0 Å². The number of likely N-dealkylation sites (N-methyl/N-ethyl adjacent to an activating group) is 1. The molecule has 0 N–H and O–H groups in total. The number of carbonyl (C=O) groups is 1. The highest BCUT2D eigenvalue weighted by molar-refractivity contribution is 5.93. The molecule has 0 atom stereocenters. The van der Waals surface area contributed by atoms with Crippen molar-refractivity contribution in [3.8, 4) is 0 Å². The summed E-state index contributed by atoms with van der Waals surface area (Å²) in [4.78, 5) is 14.1. The van der Waals surface area contributed by atoms with Gasteiger partial charge in [-0.3, -0.25) is 9.48 Å². The van der Waals surface area contributed by atoms with Gasteiger partial charge in [-0.25, -0.2) is 0 Å². The summed E-state index contributed by atoms with van der Waals surface area (Å²) in [6.45, 7) is 6.81. The quantitative estimate of drug-likeness (QED) is 0.844. The van der Waals surface area contributed by atoms with Crippen LogP contribution in [0.2, 0.25) is 0 Å². The third-order valence-electron chi connectivity index (χ3n) is 3.07. The molecule has 19 heavy (non-hydrogen) atoms. The van der Waals surface area contributed by atoms with E-state index in [4.69, 9.17) is 0 Å². The van der Waals surface area contributed by atoms with Crippen LogP contribution in [0.25, 0.3) is 0 Å². The Morgan fingerprint density at radius 1 is 1.26 bits per heavy atom. The molecule has 1 amide bonds. The first-order valence-corrected chi connectivity index (χ1v) is 6.48. The number of hydrogen-bond acceptors (Lipinski definition) is 2. The summed E-state index contributed by atoms with van der Waals surface area (Å²) in [5.41, 5.74) is 2.87. The highest BCUT2D eigenvalue weighted by Crippen LogP contribution is 2.14. The monoisotopic (exact) mass is 257 g/mol. The minimum Gasteiger partial charge on any atom is -0.311 e. The fraction of sp³-hybridized carbons (Fsp3) is 0.333. The van der Waals surface area contributed by atoms with Gasteiger partial charge in [-0.2, -0.15) is 5.10 Å². The van der Waals surface area contributed by atoms with Crippen LogP contribution in [-0.2, 0) is 11.3 Å². The predicted octanol–water partition coefficient (Wildman–Crippen LogP) is 2.55. The molecule has 4 heteroatoms. The second kappa shape index (κ2) is 5.69. The van der Waals surface area contributed by atoms with Crippen molar-refractivity contribution in [1.82, 2.24) is 9.78 Å². The van der Waals surface area contributed by atoms with Crippen LogP contribution in [-0.4, -0.2) is 22.2 Å². The molecular formula is C15H19N3O. The van der Waals surface area contributed by atoms with Crippen LogP contribution in [0.5, 0.6) is 0 Å². The molecule has 0 bridgehead atoms. The molecule has 0 aliphatic heterocycles. The molecule has 0 saturated heterocycles. The van der Waals surface area contributed by atoms with Crippen molar-refractivity contribution in [1.29, 1.82) is 0 Å². The number of hydrogen-bond donors (Lipinski definition) is 0. The van der Waals surface area contributed by atoms with E-state index in [9.17, 15) is 4.79 Å². The normalized spacial score (nSPS) is 10.5. The number of benzene rings is 1. The highest BCUT2D eigenvalue weighted by Gasteiger charge is 2.15. The molecule has 0 spiro atoms. The van der Waals surface area contributed by atoms with Gasteiger partial charge in [0.1, 0.15) is 6.54 Å². The SMILES string of the molecule is CCN(C(=O)Cn1nc(C)cc1C)c1ccccc1. The van der Waals surface area contributed by atoms with Crippen LogP contribution >= 0.6 is 0 Å². The Hall–Kier alpha value is -2.10. The summed E-state index contributed by atoms with van der Waals surface area (Å²) < 4.78 is 1.75. The molecule has 0 saturated carbocycles. The maximum atomic E-state index is 12.4. The maximum Gasteiger partial charge on any atom is 0.248 e. The van der Waals surface area contributed by atoms with Crippen LogP contribution in [0.15, 0.2) is 36.4 Å². The highest BCUT2D eigenvalue weighted by atomic mass is 16.2. The van der Waals surface area contributed by atoms with Gasteiger partial charge in [0.15, 0.2) is 0 Å². The van der Waals surface area contributed by atoms with Crippen molar-refractivity contribution >= 4 is 11.6 Å². The van der Waals surface area contributed by atoms with E-state index in [1.807, 2.05) is 57.2 Å². The minimum absolute atomic E-state index is 0.0555. The largest absolute Gasteiger partial charge is 0.311 e. The molecule has 0 unspecified atom stereocenters. The fourth-order valence-corrected chi connectivity index (χ4v) is 2.16. The zero-order chi connectivity index (χ0) is 13.8. The molecule has 4 nitrogen and oxygen atoms in total. The predicted molar refractivity (Wildman–Crippen MR) is 76.2 cm³/mol. The number of amides is 1. The Kier molecular flexibility index (Phi) is 4.00. The van der Waals surface area contributed by atoms with Crippen molar-refractivity contribution < 1.29 is 4.79 Å². The Bertz CT molecular complexity index is 560. The number of para-hydroxylation sites is 1. The number of anilines is 1. The average molecular weight is 257 g/mol. The third-order valence-corrected chi connectivity index (χ3v) is 3.07. The fourth-order valence-electron chi connectivity index (χ4n) is 2.16. The summed E-state index contributed by atoms with van der Waals surface area (Å²) in [5.74, 6) is 0.0555. The molecule has 100 valence electrons. The summed E-state index contributed by atoms with van der Waals surface area (Å²) >= 11 is 0. The minimum atomic E-state index is 0.0555. The van der Waals surface area contributed by atoms with Crippen LogP contribution < -0.4 is 4.90 Å². The van der Waals surface area contributed by atoms with Gasteiger partial charge in [0.05, 0.1) is 5.69 Å². The molecule has 1 heterocycles. The average Bonchev–Trinajstić information content (AvgIpc) is 2.70.